The Morgan fingerprint density at radius 2 is 1.70 bits per heavy atom. The van der Waals surface area contributed by atoms with Crippen LogP contribution in [0.3, 0.4) is 0 Å². The molecule has 0 radical (unpaired) electrons. The molecule has 2 aromatic rings. The molecule has 1 unspecified atom stereocenters. The van der Waals surface area contributed by atoms with Crippen molar-refractivity contribution in [1.82, 2.24) is 10.2 Å². The Kier molecular flexibility index (Phi) is 9.42. The van der Waals surface area contributed by atoms with Crippen LogP contribution in [0.2, 0.25) is 0 Å². The van der Waals surface area contributed by atoms with Gasteiger partial charge in [0.05, 0.1) is 11.9 Å². The molecule has 9 nitrogen and oxygen atoms in total. The van der Waals surface area contributed by atoms with E-state index in [1.165, 1.54) is 4.31 Å². The van der Waals surface area contributed by atoms with E-state index >= 15 is 0 Å². The van der Waals surface area contributed by atoms with Gasteiger partial charge in [0, 0.05) is 31.6 Å². The number of aryl methyl sites for hydroxylation is 1. The molecule has 10 heteroatoms. The molecule has 202 valence electrons. The summed E-state index contributed by atoms with van der Waals surface area (Å²) in [5.41, 5.74) is 2.42. The summed E-state index contributed by atoms with van der Waals surface area (Å²) in [6.07, 6.45) is 1.50. The number of carbonyl (C=O) groups is 2. The fourth-order valence-corrected chi connectivity index (χ4v) is 5.11. The van der Waals surface area contributed by atoms with Crippen molar-refractivity contribution in [3.8, 4) is 11.5 Å². The first-order chi connectivity index (χ1) is 17.5. The Balaban J connectivity index is 1.74. The highest BCUT2D eigenvalue weighted by molar-refractivity contribution is 7.92. The number of ether oxygens (including phenoxy) is 2. The van der Waals surface area contributed by atoms with Crippen LogP contribution in [0.1, 0.15) is 44.7 Å². The molecule has 0 aromatic heterocycles. The van der Waals surface area contributed by atoms with Gasteiger partial charge in [-0.2, -0.15) is 0 Å². The number of nitrogens with zero attached hydrogens (tertiary/aromatic N) is 2. The van der Waals surface area contributed by atoms with Gasteiger partial charge < -0.3 is 19.7 Å². The van der Waals surface area contributed by atoms with Crippen molar-refractivity contribution >= 4 is 27.5 Å². The Labute approximate surface area is 219 Å². The molecule has 3 rings (SSSR count). The number of hydrogen-bond acceptors (Lipinski definition) is 6. The number of fused-ring (bicyclic) bond motifs is 1. The lowest BCUT2D eigenvalue weighted by molar-refractivity contribution is -0.140. The van der Waals surface area contributed by atoms with Gasteiger partial charge in [0.25, 0.3) is 0 Å². The van der Waals surface area contributed by atoms with Gasteiger partial charge in [0.15, 0.2) is 11.5 Å². The predicted octanol–water partition coefficient (Wildman–Crippen LogP) is 3.25. The Morgan fingerprint density at radius 3 is 2.35 bits per heavy atom. The number of sulfonamides is 1. The summed E-state index contributed by atoms with van der Waals surface area (Å²) in [4.78, 5) is 27.7. The van der Waals surface area contributed by atoms with Crippen molar-refractivity contribution in [3.63, 3.8) is 0 Å². The third-order valence-electron chi connectivity index (χ3n) is 6.17. The van der Waals surface area contributed by atoms with Gasteiger partial charge in [0.1, 0.15) is 19.3 Å². The van der Waals surface area contributed by atoms with Gasteiger partial charge in [-0.05, 0) is 57.4 Å². The number of amides is 2. The minimum atomic E-state index is -3.61. The molecule has 0 saturated carbocycles. The van der Waals surface area contributed by atoms with Crippen molar-refractivity contribution < 1.29 is 27.5 Å². The number of carbonyl (C=O) groups excluding carboxylic acids is 2. The van der Waals surface area contributed by atoms with Crippen LogP contribution in [0.15, 0.2) is 42.5 Å². The number of benzene rings is 2. The van der Waals surface area contributed by atoms with Crippen LogP contribution in [0, 0.1) is 6.92 Å². The lowest BCUT2D eigenvalue weighted by atomic mass is 10.1. The van der Waals surface area contributed by atoms with E-state index in [0.29, 0.717) is 30.4 Å². The van der Waals surface area contributed by atoms with Gasteiger partial charge in [-0.15, -0.1) is 0 Å². The Morgan fingerprint density at radius 1 is 1.03 bits per heavy atom. The summed E-state index contributed by atoms with van der Waals surface area (Å²) in [5.74, 6) is 0.610. The average molecular weight is 532 g/mol. The van der Waals surface area contributed by atoms with Crippen molar-refractivity contribution in [2.45, 2.75) is 59.2 Å². The van der Waals surface area contributed by atoms with E-state index < -0.39 is 16.1 Å². The number of hydrogen-bond donors (Lipinski definition) is 1. The number of nitrogens with one attached hydrogen (secondary N) is 1. The van der Waals surface area contributed by atoms with Crippen LogP contribution in [-0.2, 0) is 26.2 Å². The van der Waals surface area contributed by atoms with E-state index in [0.717, 1.165) is 17.4 Å². The second kappa shape index (κ2) is 12.3. The third-order valence-corrected chi connectivity index (χ3v) is 7.36. The zero-order chi connectivity index (χ0) is 27.2. The largest absolute Gasteiger partial charge is 0.486 e. The highest BCUT2D eigenvalue weighted by Crippen LogP contribution is 2.34. The summed E-state index contributed by atoms with van der Waals surface area (Å²) in [7, 11) is -3.61. The number of anilines is 1. The maximum atomic E-state index is 13.4. The van der Waals surface area contributed by atoms with Crippen LogP contribution >= 0.6 is 0 Å². The highest BCUT2D eigenvalue weighted by Gasteiger charge is 2.27. The molecule has 0 aliphatic carbocycles. The van der Waals surface area contributed by atoms with Gasteiger partial charge >= 0.3 is 0 Å². The SMILES string of the molecule is Cc1ccccc1CN(C(=O)CCCN(c1ccc2c(c1)OCCO2)S(C)(=O)=O)C(C)C(=O)NC(C)C. The van der Waals surface area contributed by atoms with Gasteiger partial charge in [-0.1, -0.05) is 24.3 Å². The second-order valence-electron chi connectivity index (χ2n) is 9.55. The van der Waals surface area contributed by atoms with Crippen molar-refractivity contribution in [2.24, 2.45) is 0 Å². The fourth-order valence-electron chi connectivity index (χ4n) is 4.15. The molecule has 2 amide bonds. The summed E-state index contributed by atoms with van der Waals surface area (Å²) >= 11 is 0. The Hall–Kier alpha value is -3.27. The molecule has 1 heterocycles. The van der Waals surface area contributed by atoms with Crippen molar-refractivity contribution in [1.29, 1.82) is 0 Å². The normalized spacial score (nSPS) is 13.7. The van der Waals surface area contributed by atoms with Gasteiger partial charge in [-0.3, -0.25) is 13.9 Å². The molecule has 1 atom stereocenters. The molecule has 1 aliphatic heterocycles. The van der Waals surface area contributed by atoms with Crippen LogP contribution < -0.4 is 19.1 Å². The van der Waals surface area contributed by atoms with E-state index in [2.05, 4.69) is 5.32 Å². The molecule has 1 N–H and O–H groups in total. The van der Waals surface area contributed by atoms with Crippen LogP contribution in [0.5, 0.6) is 11.5 Å². The maximum Gasteiger partial charge on any atom is 0.242 e. The summed E-state index contributed by atoms with van der Waals surface area (Å²) in [5, 5.41) is 2.88. The van der Waals surface area contributed by atoms with Crippen LogP contribution in [0.4, 0.5) is 5.69 Å². The summed E-state index contributed by atoms with van der Waals surface area (Å²) < 4.78 is 37.6. The predicted molar refractivity (Wildman–Crippen MR) is 143 cm³/mol. The van der Waals surface area contributed by atoms with E-state index in [1.807, 2.05) is 45.0 Å². The molecule has 1 aliphatic rings. The van der Waals surface area contributed by atoms with Gasteiger partial charge in [0.2, 0.25) is 21.8 Å². The molecule has 0 saturated heterocycles. The van der Waals surface area contributed by atoms with E-state index in [-0.39, 0.29) is 43.8 Å². The van der Waals surface area contributed by atoms with Crippen LogP contribution in [0.25, 0.3) is 0 Å². The molecule has 2 aromatic carbocycles. The second-order valence-corrected chi connectivity index (χ2v) is 11.5. The molecular formula is C27H37N3O6S. The topological polar surface area (TPSA) is 105 Å². The molecule has 37 heavy (non-hydrogen) atoms. The lowest BCUT2D eigenvalue weighted by Crippen LogP contribution is -2.49. The minimum Gasteiger partial charge on any atom is -0.486 e. The quantitative estimate of drug-likeness (QED) is 0.477. The number of rotatable bonds is 11. The summed E-state index contributed by atoms with van der Waals surface area (Å²) in [6.45, 7) is 8.65. The van der Waals surface area contributed by atoms with E-state index in [9.17, 15) is 18.0 Å². The zero-order valence-corrected chi connectivity index (χ0v) is 23.0. The molecular weight excluding hydrogens is 494 g/mol. The van der Waals surface area contributed by atoms with Crippen molar-refractivity contribution in [3.05, 3.63) is 53.6 Å². The van der Waals surface area contributed by atoms with Crippen molar-refractivity contribution in [2.75, 3.05) is 30.3 Å². The first-order valence-corrected chi connectivity index (χ1v) is 14.3. The van der Waals surface area contributed by atoms with E-state index in [1.54, 1.807) is 30.0 Å². The maximum absolute atomic E-state index is 13.4. The molecule has 0 spiro atoms. The minimum absolute atomic E-state index is 0.0559. The Bertz CT molecular complexity index is 1210. The first-order valence-electron chi connectivity index (χ1n) is 12.5. The standard InChI is InChI=1S/C27H37N3O6S/c1-19(2)28-27(32)21(4)29(18-22-10-7-6-9-20(22)3)26(31)11-8-14-30(37(5,33)34)23-12-13-24-25(17-23)36-16-15-35-24/h6-7,9-10,12-13,17,19,21H,8,11,14-16,18H2,1-5H3,(H,28,32). The summed E-state index contributed by atoms with van der Waals surface area (Å²) in [6, 6.07) is 12.0. The monoisotopic (exact) mass is 531 g/mol. The van der Waals surface area contributed by atoms with Gasteiger partial charge in [-0.25, -0.2) is 8.42 Å². The molecule has 0 fully saturated rings. The molecule has 0 bridgehead atoms. The lowest BCUT2D eigenvalue weighted by Gasteiger charge is -2.30. The van der Waals surface area contributed by atoms with E-state index in [4.69, 9.17) is 9.47 Å². The zero-order valence-electron chi connectivity index (χ0n) is 22.2. The highest BCUT2D eigenvalue weighted by atomic mass is 32.2. The fraction of sp³-hybridized carbons (Fsp3) is 0.481. The third kappa shape index (κ3) is 7.61. The smallest absolute Gasteiger partial charge is 0.242 e. The van der Waals surface area contributed by atoms with Crippen LogP contribution in [-0.4, -0.2) is 63.2 Å². The first kappa shape index (κ1) is 28.3. The average Bonchev–Trinajstić information content (AvgIpc) is 2.84.